The molecule has 1 aromatic carbocycles. The van der Waals surface area contributed by atoms with Gasteiger partial charge in [-0.2, -0.15) is 0 Å². The molecule has 1 aliphatic heterocycles. The number of amides is 1. The van der Waals surface area contributed by atoms with Gasteiger partial charge in [0.25, 0.3) is 11.6 Å². The topological polar surface area (TPSA) is 81.5 Å². The standard InChI is InChI=1S/C21H17N3O4S2/c1-13-10-15(14(2)23(13)16-5-7-17(8-6-16)24(26)27)11-19-20(25)22(21(29)30-19)12-18-4-3-9-28-18/h3-11H,12H2,1-2H3/b19-11-. The van der Waals surface area contributed by atoms with Crippen molar-refractivity contribution in [3.8, 4) is 5.69 Å². The zero-order valence-corrected chi connectivity index (χ0v) is 17.8. The summed E-state index contributed by atoms with van der Waals surface area (Å²) in [6, 6.07) is 11.9. The summed E-state index contributed by atoms with van der Waals surface area (Å²) < 4.78 is 7.82. The Morgan fingerprint density at radius 3 is 2.60 bits per heavy atom. The molecule has 0 atom stereocenters. The van der Waals surface area contributed by atoms with E-state index in [0.717, 1.165) is 22.6 Å². The molecule has 1 fully saturated rings. The molecule has 3 aromatic rings. The fraction of sp³-hybridized carbons (Fsp3) is 0.143. The summed E-state index contributed by atoms with van der Waals surface area (Å²) >= 11 is 6.65. The number of hydrogen-bond donors (Lipinski definition) is 0. The number of thioether (sulfide) groups is 1. The average molecular weight is 440 g/mol. The smallest absolute Gasteiger partial charge is 0.269 e. The minimum absolute atomic E-state index is 0.0432. The van der Waals surface area contributed by atoms with Gasteiger partial charge in [-0.25, -0.2) is 0 Å². The lowest BCUT2D eigenvalue weighted by Gasteiger charge is -2.12. The first-order chi connectivity index (χ1) is 14.3. The highest BCUT2D eigenvalue weighted by Gasteiger charge is 2.32. The molecular weight excluding hydrogens is 422 g/mol. The molecule has 0 aliphatic carbocycles. The average Bonchev–Trinajstić information content (AvgIpc) is 3.39. The van der Waals surface area contributed by atoms with E-state index < -0.39 is 4.92 Å². The van der Waals surface area contributed by atoms with Crippen LogP contribution in [0.25, 0.3) is 11.8 Å². The van der Waals surface area contributed by atoms with E-state index in [1.165, 1.54) is 28.8 Å². The first kappa shape index (κ1) is 20.1. The lowest BCUT2D eigenvalue weighted by molar-refractivity contribution is -0.384. The number of carbonyl (C=O) groups excluding carboxylic acids is 1. The number of aryl methyl sites for hydroxylation is 1. The molecular formula is C21H17N3O4S2. The maximum absolute atomic E-state index is 12.9. The summed E-state index contributed by atoms with van der Waals surface area (Å²) in [5.41, 5.74) is 3.64. The Labute approximate surface area is 182 Å². The van der Waals surface area contributed by atoms with Gasteiger partial charge in [0.05, 0.1) is 22.6 Å². The second kappa shape index (κ2) is 7.92. The third-order valence-electron chi connectivity index (χ3n) is 4.84. The first-order valence-electron chi connectivity index (χ1n) is 9.06. The van der Waals surface area contributed by atoms with E-state index in [0.29, 0.717) is 21.5 Å². The van der Waals surface area contributed by atoms with E-state index in [1.54, 1.807) is 30.5 Å². The second-order valence-electron chi connectivity index (χ2n) is 6.78. The highest BCUT2D eigenvalue weighted by atomic mass is 32.2. The number of hydrogen-bond acceptors (Lipinski definition) is 6. The molecule has 152 valence electrons. The first-order valence-corrected chi connectivity index (χ1v) is 10.3. The van der Waals surface area contributed by atoms with Gasteiger partial charge >= 0.3 is 0 Å². The number of thiocarbonyl (C=S) groups is 1. The zero-order valence-electron chi connectivity index (χ0n) is 16.2. The van der Waals surface area contributed by atoms with E-state index in [-0.39, 0.29) is 11.6 Å². The van der Waals surface area contributed by atoms with E-state index in [4.69, 9.17) is 16.6 Å². The van der Waals surface area contributed by atoms with Crippen molar-refractivity contribution >= 4 is 46.0 Å². The molecule has 0 bridgehead atoms. The maximum Gasteiger partial charge on any atom is 0.269 e. The molecule has 0 radical (unpaired) electrons. The van der Waals surface area contributed by atoms with Gasteiger partial charge in [-0.15, -0.1) is 0 Å². The van der Waals surface area contributed by atoms with Gasteiger partial charge in [-0.1, -0.05) is 24.0 Å². The number of benzene rings is 1. The van der Waals surface area contributed by atoms with Crippen molar-refractivity contribution < 1.29 is 14.1 Å². The number of nitro groups is 1. The quantitative estimate of drug-likeness (QED) is 0.241. The van der Waals surface area contributed by atoms with Crippen LogP contribution in [0.2, 0.25) is 0 Å². The number of carbonyl (C=O) groups is 1. The predicted molar refractivity (Wildman–Crippen MR) is 119 cm³/mol. The Bertz CT molecular complexity index is 1180. The van der Waals surface area contributed by atoms with Gasteiger partial charge in [0.15, 0.2) is 0 Å². The highest BCUT2D eigenvalue weighted by molar-refractivity contribution is 8.26. The van der Waals surface area contributed by atoms with Gasteiger partial charge in [-0.05, 0) is 55.8 Å². The van der Waals surface area contributed by atoms with E-state index in [2.05, 4.69) is 0 Å². The van der Waals surface area contributed by atoms with Gasteiger partial charge in [0, 0.05) is 29.2 Å². The minimum atomic E-state index is -0.421. The van der Waals surface area contributed by atoms with E-state index in [1.807, 2.05) is 30.6 Å². The third kappa shape index (κ3) is 3.69. The van der Waals surface area contributed by atoms with Gasteiger partial charge < -0.3 is 8.98 Å². The Morgan fingerprint density at radius 1 is 1.23 bits per heavy atom. The largest absolute Gasteiger partial charge is 0.467 e. The van der Waals surface area contributed by atoms with Crippen LogP contribution in [-0.2, 0) is 11.3 Å². The Hall–Kier alpha value is -3.17. The van der Waals surface area contributed by atoms with Crippen LogP contribution in [0.1, 0.15) is 22.7 Å². The van der Waals surface area contributed by atoms with Crippen molar-refractivity contribution in [2.24, 2.45) is 0 Å². The molecule has 2 aromatic heterocycles. The Kier molecular flexibility index (Phi) is 5.31. The van der Waals surface area contributed by atoms with Crippen LogP contribution < -0.4 is 0 Å². The normalized spacial score (nSPS) is 15.4. The van der Waals surface area contributed by atoms with Crippen LogP contribution in [0.4, 0.5) is 5.69 Å². The summed E-state index contributed by atoms with van der Waals surface area (Å²) in [5.74, 6) is 0.519. The Balaban J connectivity index is 1.63. The van der Waals surface area contributed by atoms with Crippen LogP contribution in [0.3, 0.4) is 0 Å². The van der Waals surface area contributed by atoms with E-state index >= 15 is 0 Å². The monoisotopic (exact) mass is 439 g/mol. The predicted octanol–water partition coefficient (Wildman–Crippen LogP) is 5.00. The molecule has 0 N–H and O–H groups in total. The van der Waals surface area contributed by atoms with Gasteiger partial charge in [0.1, 0.15) is 10.1 Å². The van der Waals surface area contributed by atoms with Gasteiger partial charge in [0.2, 0.25) is 0 Å². The molecule has 3 heterocycles. The number of nitrogens with zero attached hydrogens (tertiary/aromatic N) is 3. The SMILES string of the molecule is Cc1cc(/C=C2\SC(=S)N(Cc3ccco3)C2=O)c(C)n1-c1ccc([N+](=O)[O-])cc1. The Morgan fingerprint density at radius 2 is 1.97 bits per heavy atom. The second-order valence-corrected chi connectivity index (χ2v) is 8.46. The summed E-state index contributed by atoms with van der Waals surface area (Å²) in [6.45, 7) is 4.20. The third-order valence-corrected chi connectivity index (χ3v) is 6.22. The highest BCUT2D eigenvalue weighted by Crippen LogP contribution is 2.35. The summed E-state index contributed by atoms with van der Waals surface area (Å²) in [4.78, 5) is 25.4. The lowest BCUT2D eigenvalue weighted by Crippen LogP contribution is -2.27. The molecule has 0 spiro atoms. The fourth-order valence-electron chi connectivity index (χ4n) is 3.39. The summed E-state index contributed by atoms with van der Waals surface area (Å²) in [7, 11) is 0. The number of rotatable bonds is 5. The minimum Gasteiger partial charge on any atom is -0.467 e. The summed E-state index contributed by atoms with van der Waals surface area (Å²) in [6.07, 6.45) is 3.40. The maximum atomic E-state index is 12.9. The molecule has 0 unspecified atom stereocenters. The molecule has 1 aliphatic rings. The number of non-ortho nitro benzene ring substituents is 1. The number of aromatic nitrogens is 1. The zero-order chi connectivity index (χ0) is 21.4. The van der Waals surface area contributed by atoms with Crippen molar-refractivity contribution in [2.75, 3.05) is 0 Å². The van der Waals surface area contributed by atoms with Crippen molar-refractivity contribution in [1.29, 1.82) is 0 Å². The van der Waals surface area contributed by atoms with E-state index in [9.17, 15) is 14.9 Å². The number of nitro benzene ring substituents is 1. The molecule has 30 heavy (non-hydrogen) atoms. The summed E-state index contributed by atoms with van der Waals surface area (Å²) in [5, 5.41) is 10.9. The van der Waals surface area contributed by atoms with Crippen LogP contribution in [-0.4, -0.2) is 24.6 Å². The van der Waals surface area contributed by atoms with Crippen molar-refractivity contribution in [2.45, 2.75) is 20.4 Å². The molecule has 0 saturated carbocycles. The van der Waals surface area contributed by atoms with Crippen LogP contribution in [0.5, 0.6) is 0 Å². The van der Waals surface area contributed by atoms with Crippen molar-refractivity contribution in [1.82, 2.24) is 9.47 Å². The molecule has 7 nitrogen and oxygen atoms in total. The van der Waals surface area contributed by atoms with Crippen molar-refractivity contribution in [3.05, 3.63) is 86.5 Å². The molecule has 4 rings (SSSR count). The molecule has 1 saturated heterocycles. The molecule has 1 amide bonds. The number of furan rings is 1. The van der Waals surface area contributed by atoms with Gasteiger partial charge in [-0.3, -0.25) is 19.8 Å². The van der Waals surface area contributed by atoms with Crippen molar-refractivity contribution in [3.63, 3.8) is 0 Å². The fourth-order valence-corrected chi connectivity index (χ4v) is 4.64. The van der Waals surface area contributed by atoms with Crippen LogP contribution in [0.15, 0.2) is 58.1 Å². The van der Waals surface area contributed by atoms with Crippen LogP contribution in [0, 0.1) is 24.0 Å². The molecule has 9 heteroatoms. The van der Waals surface area contributed by atoms with Crippen LogP contribution >= 0.6 is 24.0 Å². The lowest BCUT2D eigenvalue weighted by atomic mass is 10.2.